The average molecular weight is 264 g/mol. The Kier molecular flexibility index (Phi) is 3.04. The molecular weight excluding hydrogens is 252 g/mol. The molecule has 0 fully saturated rings. The zero-order valence-electron chi connectivity index (χ0n) is 9.99. The molecule has 0 aliphatic rings. The molecular formula is C12H12N2O3S. The van der Waals surface area contributed by atoms with E-state index in [1.165, 1.54) is 18.3 Å². The van der Waals surface area contributed by atoms with Gasteiger partial charge in [0.2, 0.25) is 0 Å². The lowest BCUT2D eigenvalue weighted by Crippen LogP contribution is -2.15. The monoisotopic (exact) mass is 264 g/mol. The predicted molar refractivity (Wildman–Crippen MR) is 65.9 cm³/mol. The quantitative estimate of drug-likeness (QED) is 0.820. The lowest BCUT2D eigenvalue weighted by Gasteiger charge is -1.99. The first-order valence-corrected chi connectivity index (χ1v) is 6.75. The molecule has 5 nitrogen and oxygen atoms in total. The number of imidazole rings is 1. The molecule has 0 saturated carbocycles. The first-order chi connectivity index (χ1) is 8.43. The fourth-order valence-corrected chi connectivity index (χ4v) is 2.67. The number of carbonyl (C=O) groups excluding carboxylic acids is 1. The largest absolute Gasteiger partial charge is 0.337 e. The molecule has 6 heteroatoms. The molecule has 2 aromatic rings. The minimum absolute atomic E-state index is 0.140. The zero-order valence-corrected chi connectivity index (χ0v) is 10.8. The Bertz CT molecular complexity index is 668. The van der Waals surface area contributed by atoms with E-state index in [1.807, 2.05) is 0 Å². The minimum atomic E-state index is -4.06. The highest BCUT2D eigenvalue weighted by molar-refractivity contribution is 8.06. The molecule has 1 aromatic carbocycles. The summed E-state index contributed by atoms with van der Waals surface area (Å²) < 4.78 is 25.7. The molecule has 1 heterocycles. The van der Waals surface area contributed by atoms with Gasteiger partial charge in [-0.1, -0.05) is 30.3 Å². The summed E-state index contributed by atoms with van der Waals surface area (Å²) in [6.07, 6.45) is 1.34. The highest BCUT2D eigenvalue weighted by Crippen LogP contribution is 2.15. The van der Waals surface area contributed by atoms with Crippen LogP contribution in [0.25, 0.3) is 0 Å². The second-order valence-electron chi connectivity index (χ2n) is 3.89. The van der Waals surface area contributed by atoms with Crippen molar-refractivity contribution in [3.05, 3.63) is 47.9 Å². The van der Waals surface area contributed by atoms with E-state index >= 15 is 0 Å². The first kappa shape index (κ1) is 12.5. The van der Waals surface area contributed by atoms with Crippen LogP contribution in [-0.4, -0.2) is 23.1 Å². The van der Waals surface area contributed by atoms with Gasteiger partial charge in [0.1, 0.15) is 5.82 Å². The fourth-order valence-electron chi connectivity index (χ4n) is 1.48. The van der Waals surface area contributed by atoms with Crippen LogP contribution in [0.15, 0.2) is 41.6 Å². The number of sulfone groups is 1. The van der Waals surface area contributed by atoms with E-state index in [4.69, 9.17) is 0 Å². The molecule has 0 atom stereocenters. The summed E-state index contributed by atoms with van der Waals surface area (Å²) in [4.78, 5) is 15.8. The standard InChI is InChI=1S/C12H12N2O3S/c1-9-13-11(8-14(9)2)18(16,17)12(15)10-6-4-3-5-7-10/h3-8H,1-2H3. The number of aryl methyl sites for hydroxylation is 2. The SMILES string of the molecule is Cc1nc(S(=O)(=O)C(=O)c2ccccc2)cn1C. The molecule has 0 saturated heterocycles. The number of nitrogens with zero attached hydrogens (tertiary/aromatic N) is 2. The van der Waals surface area contributed by atoms with Gasteiger partial charge < -0.3 is 4.57 Å². The van der Waals surface area contributed by atoms with Gasteiger partial charge in [-0.3, -0.25) is 4.79 Å². The molecule has 0 amide bonds. The van der Waals surface area contributed by atoms with Crippen LogP contribution in [0, 0.1) is 6.92 Å². The second kappa shape index (κ2) is 4.38. The van der Waals surface area contributed by atoms with Crippen LogP contribution < -0.4 is 0 Å². The summed E-state index contributed by atoms with van der Waals surface area (Å²) in [5.74, 6) is 0.537. The molecule has 0 spiro atoms. The highest BCUT2D eigenvalue weighted by atomic mass is 32.2. The topological polar surface area (TPSA) is 69.0 Å². The summed E-state index contributed by atoms with van der Waals surface area (Å²) in [5.41, 5.74) is 0.140. The minimum Gasteiger partial charge on any atom is -0.337 e. The fraction of sp³-hybridized carbons (Fsp3) is 0.167. The van der Waals surface area contributed by atoms with Crippen molar-refractivity contribution in [2.24, 2.45) is 7.05 Å². The van der Waals surface area contributed by atoms with Crippen LogP contribution >= 0.6 is 0 Å². The number of carbonyl (C=O) groups is 1. The summed E-state index contributed by atoms with van der Waals surface area (Å²) in [6.45, 7) is 1.67. The number of rotatable bonds is 2. The smallest absolute Gasteiger partial charge is 0.283 e. The van der Waals surface area contributed by atoms with Crippen molar-refractivity contribution in [1.82, 2.24) is 9.55 Å². The van der Waals surface area contributed by atoms with Crippen LogP contribution in [0.3, 0.4) is 0 Å². The molecule has 2 rings (SSSR count). The van der Waals surface area contributed by atoms with E-state index in [2.05, 4.69) is 4.98 Å². The van der Waals surface area contributed by atoms with Crippen molar-refractivity contribution >= 4 is 15.0 Å². The van der Waals surface area contributed by atoms with Gasteiger partial charge in [0.15, 0.2) is 5.03 Å². The third-order valence-corrected chi connectivity index (χ3v) is 4.09. The van der Waals surface area contributed by atoms with Crippen molar-refractivity contribution in [3.8, 4) is 0 Å². The highest BCUT2D eigenvalue weighted by Gasteiger charge is 2.28. The normalized spacial score (nSPS) is 11.4. The van der Waals surface area contributed by atoms with Crippen LogP contribution in [0.2, 0.25) is 0 Å². The summed E-state index contributed by atoms with van der Waals surface area (Å²) in [7, 11) is -2.39. The van der Waals surface area contributed by atoms with E-state index in [0.29, 0.717) is 5.82 Å². The van der Waals surface area contributed by atoms with Crippen LogP contribution in [0.1, 0.15) is 16.2 Å². The van der Waals surface area contributed by atoms with Gasteiger partial charge in [-0.2, -0.15) is 0 Å². The summed E-state index contributed by atoms with van der Waals surface area (Å²) in [6, 6.07) is 7.89. The molecule has 0 aliphatic carbocycles. The summed E-state index contributed by atoms with van der Waals surface area (Å²) in [5, 5.41) is -1.14. The van der Waals surface area contributed by atoms with Gasteiger partial charge >= 0.3 is 0 Å². The maximum absolute atomic E-state index is 12.1. The molecule has 0 N–H and O–H groups in total. The van der Waals surface area contributed by atoms with E-state index in [9.17, 15) is 13.2 Å². The Hall–Kier alpha value is -1.95. The van der Waals surface area contributed by atoms with Gasteiger partial charge in [0.25, 0.3) is 15.0 Å². The van der Waals surface area contributed by atoms with Gasteiger partial charge in [-0.15, -0.1) is 0 Å². The average Bonchev–Trinajstić information content (AvgIpc) is 2.70. The van der Waals surface area contributed by atoms with Gasteiger partial charge in [0, 0.05) is 18.8 Å². The molecule has 18 heavy (non-hydrogen) atoms. The zero-order chi connectivity index (χ0) is 13.3. The molecule has 1 aromatic heterocycles. The Morgan fingerprint density at radius 1 is 1.22 bits per heavy atom. The van der Waals surface area contributed by atoms with Crippen molar-refractivity contribution in [2.45, 2.75) is 11.9 Å². The van der Waals surface area contributed by atoms with Crippen molar-refractivity contribution < 1.29 is 13.2 Å². The van der Waals surface area contributed by atoms with E-state index < -0.39 is 15.0 Å². The van der Waals surface area contributed by atoms with Crippen molar-refractivity contribution in [3.63, 3.8) is 0 Å². The molecule has 0 aliphatic heterocycles. The Balaban J connectivity index is 2.47. The Labute approximate surface area is 105 Å². The van der Waals surface area contributed by atoms with Crippen LogP contribution in [-0.2, 0) is 16.9 Å². The maximum Gasteiger partial charge on any atom is 0.283 e. The van der Waals surface area contributed by atoms with E-state index in [-0.39, 0.29) is 10.6 Å². The molecule has 0 radical (unpaired) electrons. The predicted octanol–water partition coefficient (Wildman–Crippen LogP) is 1.34. The lowest BCUT2D eigenvalue weighted by atomic mass is 10.2. The van der Waals surface area contributed by atoms with Crippen molar-refractivity contribution in [1.29, 1.82) is 0 Å². The number of benzene rings is 1. The second-order valence-corrected chi connectivity index (χ2v) is 5.69. The number of aromatic nitrogens is 2. The van der Waals surface area contributed by atoms with E-state index in [1.54, 1.807) is 36.7 Å². The van der Waals surface area contributed by atoms with Gasteiger partial charge in [0.05, 0.1) is 0 Å². The Morgan fingerprint density at radius 2 is 1.83 bits per heavy atom. The number of hydrogen-bond donors (Lipinski definition) is 0. The van der Waals surface area contributed by atoms with Crippen molar-refractivity contribution in [2.75, 3.05) is 0 Å². The third-order valence-electron chi connectivity index (χ3n) is 2.62. The van der Waals surface area contributed by atoms with Crippen LogP contribution in [0.4, 0.5) is 0 Å². The van der Waals surface area contributed by atoms with Gasteiger partial charge in [-0.05, 0) is 6.92 Å². The van der Waals surface area contributed by atoms with Gasteiger partial charge in [-0.25, -0.2) is 13.4 Å². The first-order valence-electron chi connectivity index (χ1n) is 5.27. The lowest BCUT2D eigenvalue weighted by molar-refractivity contribution is 0.107. The molecule has 0 unspecified atom stereocenters. The Morgan fingerprint density at radius 3 is 2.33 bits per heavy atom. The molecule has 0 bridgehead atoms. The van der Waals surface area contributed by atoms with E-state index in [0.717, 1.165) is 0 Å². The third kappa shape index (κ3) is 2.06. The molecule has 94 valence electrons. The van der Waals surface area contributed by atoms with Crippen LogP contribution in [0.5, 0.6) is 0 Å². The summed E-state index contributed by atoms with van der Waals surface area (Å²) >= 11 is 0. The number of hydrogen-bond acceptors (Lipinski definition) is 4. The maximum atomic E-state index is 12.1.